The highest BCUT2D eigenvalue weighted by Gasteiger charge is 2.24. The fourth-order valence-electron chi connectivity index (χ4n) is 7.78. The van der Waals surface area contributed by atoms with Crippen LogP contribution >= 0.6 is 0 Å². The van der Waals surface area contributed by atoms with Crippen LogP contribution in [0.4, 0.5) is 0 Å². The van der Waals surface area contributed by atoms with E-state index in [1.54, 1.807) is 0 Å². The first-order chi connectivity index (χ1) is 25.8. The van der Waals surface area contributed by atoms with Crippen molar-refractivity contribution in [2.75, 3.05) is 0 Å². The molecule has 10 aromatic rings. The molecular formula is C49H33N3. The smallest absolute Gasteiger partial charge is 0.0803 e. The van der Waals surface area contributed by atoms with E-state index < -0.39 is 0 Å². The molecular weight excluding hydrogens is 631 g/mol. The second kappa shape index (κ2) is 12.4. The topological polar surface area (TPSA) is 22.8 Å². The highest BCUT2D eigenvalue weighted by atomic mass is 15.1. The van der Waals surface area contributed by atoms with Crippen LogP contribution in [0.15, 0.2) is 200 Å². The molecule has 0 saturated heterocycles. The number of hydrogen-bond acceptors (Lipinski definition) is 1. The molecule has 0 aliphatic carbocycles. The number of fused-ring (bicyclic) bond motifs is 4. The molecule has 10 rings (SSSR count). The van der Waals surface area contributed by atoms with E-state index in [-0.39, 0.29) is 0 Å². The first-order valence-electron chi connectivity index (χ1n) is 17.7. The molecule has 0 unspecified atom stereocenters. The lowest BCUT2D eigenvalue weighted by Gasteiger charge is -2.16. The third-order valence-corrected chi connectivity index (χ3v) is 10.1. The predicted octanol–water partition coefficient (Wildman–Crippen LogP) is 12.8. The Morgan fingerprint density at radius 1 is 0.308 bits per heavy atom. The van der Waals surface area contributed by atoms with E-state index in [4.69, 9.17) is 4.98 Å². The number of rotatable bonds is 6. The Labute approximate surface area is 302 Å². The minimum absolute atomic E-state index is 0.951. The van der Waals surface area contributed by atoms with Crippen molar-refractivity contribution in [1.82, 2.24) is 14.1 Å². The monoisotopic (exact) mass is 663 g/mol. The maximum absolute atomic E-state index is 5.15. The molecule has 0 bridgehead atoms. The number of aromatic nitrogens is 3. The van der Waals surface area contributed by atoms with Crippen molar-refractivity contribution in [2.24, 2.45) is 0 Å². The summed E-state index contributed by atoms with van der Waals surface area (Å²) >= 11 is 0. The molecule has 0 aliphatic rings. The molecule has 3 heterocycles. The van der Waals surface area contributed by atoms with Crippen molar-refractivity contribution < 1.29 is 0 Å². The van der Waals surface area contributed by atoms with Crippen molar-refractivity contribution in [2.45, 2.75) is 0 Å². The van der Waals surface area contributed by atoms with E-state index in [9.17, 15) is 0 Å². The molecule has 0 atom stereocenters. The molecule has 0 N–H and O–H groups in total. The van der Waals surface area contributed by atoms with E-state index in [0.717, 1.165) is 56.1 Å². The third kappa shape index (κ3) is 4.94. The summed E-state index contributed by atoms with van der Waals surface area (Å²) in [4.78, 5) is 5.15. The van der Waals surface area contributed by atoms with Crippen LogP contribution in [0.3, 0.4) is 0 Å². The van der Waals surface area contributed by atoms with Gasteiger partial charge in [0.2, 0.25) is 0 Å². The Morgan fingerprint density at radius 2 is 0.750 bits per heavy atom. The number of pyridine rings is 1. The van der Waals surface area contributed by atoms with Gasteiger partial charge in [-0.3, -0.25) is 0 Å². The Balaban J connectivity index is 1.25. The zero-order valence-electron chi connectivity index (χ0n) is 28.4. The number of benzene rings is 7. The molecule has 0 amide bonds. The molecule has 3 nitrogen and oxygen atoms in total. The summed E-state index contributed by atoms with van der Waals surface area (Å²) in [7, 11) is 0. The fourth-order valence-corrected chi connectivity index (χ4v) is 7.78. The van der Waals surface area contributed by atoms with Crippen LogP contribution in [0.25, 0.3) is 89.0 Å². The quantitative estimate of drug-likeness (QED) is 0.174. The third-order valence-electron chi connectivity index (χ3n) is 10.1. The molecule has 0 radical (unpaired) electrons. The lowest BCUT2D eigenvalue weighted by molar-refractivity contribution is 1.11. The fraction of sp³-hybridized carbons (Fsp3) is 0. The summed E-state index contributed by atoms with van der Waals surface area (Å²) in [5, 5.41) is 3.69. The second-order valence-electron chi connectivity index (χ2n) is 13.2. The molecule has 7 aromatic carbocycles. The Bertz CT molecular complexity index is 2770. The molecule has 52 heavy (non-hydrogen) atoms. The average Bonchev–Trinajstić information content (AvgIpc) is 3.74. The van der Waals surface area contributed by atoms with Crippen LogP contribution in [0.2, 0.25) is 0 Å². The maximum atomic E-state index is 5.15. The van der Waals surface area contributed by atoms with Gasteiger partial charge in [-0.2, -0.15) is 0 Å². The minimum atomic E-state index is 0.951. The maximum Gasteiger partial charge on any atom is 0.0803 e. The zero-order chi connectivity index (χ0) is 34.4. The van der Waals surface area contributed by atoms with Gasteiger partial charge < -0.3 is 9.13 Å². The van der Waals surface area contributed by atoms with Gasteiger partial charge in [-0.05, 0) is 53.6 Å². The van der Waals surface area contributed by atoms with Gasteiger partial charge in [0.05, 0.1) is 39.3 Å². The van der Waals surface area contributed by atoms with Crippen LogP contribution in [0.1, 0.15) is 0 Å². The van der Waals surface area contributed by atoms with Gasteiger partial charge in [-0.1, -0.05) is 158 Å². The van der Waals surface area contributed by atoms with E-state index in [2.05, 4.69) is 197 Å². The van der Waals surface area contributed by atoms with E-state index in [1.807, 2.05) is 12.1 Å². The first-order valence-corrected chi connectivity index (χ1v) is 17.7. The van der Waals surface area contributed by atoms with Crippen molar-refractivity contribution in [3.63, 3.8) is 0 Å². The number of hydrogen-bond donors (Lipinski definition) is 0. The first kappa shape index (κ1) is 29.9. The number of nitrogens with zero attached hydrogens (tertiary/aromatic N) is 3. The van der Waals surface area contributed by atoms with Gasteiger partial charge in [0.15, 0.2) is 0 Å². The van der Waals surface area contributed by atoms with Crippen LogP contribution < -0.4 is 0 Å². The summed E-state index contributed by atoms with van der Waals surface area (Å²) < 4.78 is 4.92. The van der Waals surface area contributed by atoms with Gasteiger partial charge in [-0.25, -0.2) is 4.98 Å². The Morgan fingerprint density at radius 3 is 1.31 bits per heavy atom. The molecule has 0 fully saturated rings. The molecule has 3 aromatic heterocycles. The Kier molecular flexibility index (Phi) is 7.14. The minimum Gasteiger partial charge on any atom is -0.307 e. The summed E-state index contributed by atoms with van der Waals surface area (Å²) in [6.07, 6.45) is 0. The van der Waals surface area contributed by atoms with E-state index in [1.165, 1.54) is 32.9 Å². The lowest BCUT2D eigenvalue weighted by atomic mass is 9.99. The van der Waals surface area contributed by atoms with Gasteiger partial charge in [0.25, 0.3) is 0 Å². The van der Waals surface area contributed by atoms with Crippen molar-refractivity contribution in [1.29, 1.82) is 0 Å². The van der Waals surface area contributed by atoms with Gasteiger partial charge in [0, 0.05) is 38.5 Å². The van der Waals surface area contributed by atoms with Crippen molar-refractivity contribution in [3.8, 4) is 56.3 Å². The highest BCUT2D eigenvalue weighted by molar-refractivity contribution is 6.12. The summed E-state index contributed by atoms with van der Waals surface area (Å²) in [6, 6.07) is 71.5. The van der Waals surface area contributed by atoms with Crippen molar-refractivity contribution in [3.05, 3.63) is 200 Å². The standard InChI is InChI=1S/C49H33N3/c1-4-17-34(18-5-1)43-32-38(33-44(50-43)35-19-6-2-7-20-35)37-23-16-24-39(31-37)51-47-30-15-12-27-42(47)49(48(51)36-21-8-3-9-22-36)52-45-28-13-10-25-40(45)41-26-11-14-29-46(41)52/h1-33H. The average molecular weight is 664 g/mol. The van der Waals surface area contributed by atoms with Crippen molar-refractivity contribution >= 4 is 32.7 Å². The zero-order valence-corrected chi connectivity index (χ0v) is 28.4. The molecule has 0 spiro atoms. The van der Waals surface area contributed by atoms with E-state index >= 15 is 0 Å². The van der Waals surface area contributed by atoms with Gasteiger partial charge in [0.1, 0.15) is 0 Å². The molecule has 0 aliphatic heterocycles. The summed E-state index contributed by atoms with van der Waals surface area (Å²) in [5.74, 6) is 0. The Hall–Kier alpha value is -6.97. The summed E-state index contributed by atoms with van der Waals surface area (Å²) in [6.45, 7) is 0. The van der Waals surface area contributed by atoms with E-state index in [0.29, 0.717) is 0 Å². The molecule has 3 heteroatoms. The lowest BCUT2D eigenvalue weighted by Crippen LogP contribution is -2.01. The SMILES string of the molecule is c1ccc(-c2cc(-c3cccc(-n4c(-c5ccccc5)c(-n5c6ccccc6c6ccccc65)c5ccccc54)c3)cc(-c3ccccc3)n2)cc1. The van der Waals surface area contributed by atoms with Crippen LogP contribution in [0.5, 0.6) is 0 Å². The summed E-state index contributed by atoms with van der Waals surface area (Å²) in [5.41, 5.74) is 14.4. The van der Waals surface area contributed by atoms with Gasteiger partial charge >= 0.3 is 0 Å². The largest absolute Gasteiger partial charge is 0.307 e. The predicted molar refractivity (Wildman–Crippen MR) is 217 cm³/mol. The van der Waals surface area contributed by atoms with Crippen LogP contribution in [-0.2, 0) is 0 Å². The molecule has 244 valence electrons. The molecule has 0 saturated carbocycles. The highest BCUT2D eigenvalue weighted by Crippen LogP contribution is 2.43. The second-order valence-corrected chi connectivity index (χ2v) is 13.2. The van der Waals surface area contributed by atoms with Gasteiger partial charge in [-0.15, -0.1) is 0 Å². The number of para-hydroxylation sites is 3. The van der Waals surface area contributed by atoms with Crippen LogP contribution in [-0.4, -0.2) is 14.1 Å². The normalized spacial score (nSPS) is 11.5. The van der Waals surface area contributed by atoms with Crippen LogP contribution in [0, 0.1) is 0 Å².